The van der Waals surface area contributed by atoms with E-state index in [9.17, 15) is 14.4 Å². The minimum absolute atomic E-state index is 0.0496. The van der Waals surface area contributed by atoms with Crippen LogP contribution in [0.5, 0.6) is 0 Å². The highest BCUT2D eigenvalue weighted by molar-refractivity contribution is 5.94. The zero-order valence-corrected chi connectivity index (χ0v) is 12.1. The summed E-state index contributed by atoms with van der Waals surface area (Å²) in [4.78, 5) is 36.6. The molecular formula is C15H20N2O4. The van der Waals surface area contributed by atoms with E-state index >= 15 is 0 Å². The van der Waals surface area contributed by atoms with Gasteiger partial charge >= 0.3 is 5.97 Å². The quantitative estimate of drug-likeness (QED) is 0.905. The Morgan fingerprint density at radius 3 is 2.81 bits per heavy atom. The van der Waals surface area contributed by atoms with Crippen molar-refractivity contribution in [2.24, 2.45) is 7.05 Å². The number of aromatic nitrogens is 1. The summed E-state index contributed by atoms with van der Waals surface area (Å²) in [7, 11) is 1.63. The summed E-state index contributed by atoms with van der Waals surface area (Å²) in [6.07, 6.45) is 4.84. The summed E-state index contributed by atoms with van der Waals surface area (Å²) < 4.78 is 1.41. The number of carbonyl (C=O) groups excluding carboxylic acids is 1. The fourth-order valence-electron chi connectivity index (χ4n) is 2.71. The largest absolute Gasteiger partial charge is 0.481 e. The second-order valence-corrected chi connectivity index (χ2v) is 5.45. The van der Waals surface area contributed by atoms with Crippen molar-refractivity contribution in [3.63, 3.8) is 0 Å². The average Bonchev–Trinajstić information content (AvgIpc) is 2.47. The van der Waals surface area contributed by atoms with Crippen LogP contribution in [0.1, 0.15) is 42.5 Å². The third kappa shape index (κ3) is 3.71. The Bertz CT molecular complexity index is 594. The Morgan fingerprint density at radius 2 is 2.14 bits per heavy atom. The maximum Gasteiger partial charge on any atom is 0.303 e. The van der Waals surface area contributed by atoms with Gasteiger partial charge in [0.15, 0.2) is 0 Å². The number of hydrogen-bond acceptors (Lipinski definition) is 3. The van der Waals surface area contributed by atoms with E-state index in [1.807, 2.05) is 0 Å². The number of hydrogen-bond donors (Lipinski definition) is 1. The van der Waals surface area contributed by atoms with Gasteiger partial charge in [0.25, 0.3) is 11.5 Å². The van der Waals surface area contributed by atoms with Crippen molar-refractivity contribution in [1.82, 2.24) is 9.47 Å². The van der Waals surface area contributed by atoms with Crippen LogP contribution in [-0.2, 0) is 11.8 Å². The monoisotopic (exact) mass is 292 g/mol. The molecule has 1 aliphatic heterocycles. The number of likely N-dealkylation sites (tertiary alicyclic amines) is 1. The first kappa shape index (κ1) is 15.3. The lowest BCUT2D eigenvalue weighted by molar-refractivity contribution is -0.137. The Balaban J connectivity index is 2.15. The minimum Gasteiger partial charge on any atom is -0.481 e. The van der Waals surface area contributed by atoms with Crippen LogP contribution < -0.4 is 5.56 Å². The summed E-state index contributed by atoms with van der Waals surface area (Å²) >= 11 is 0. The molecule has 1 saturated heterocycles. The zero-order chi connectivity index (χ0) is 15.4. The SMILES string of the molecule is Cn1ccc(C(=O)N2CCCCC2CCC(=O)O)cc1=O. The lowest BCUT2D eigenvalue weighted by Gasteiger charge is -2.35. The number of carboxylic acid groups (broad SMARTS) is 1. The molecule has 0 saturated carbocycles. The Hall–Kier alpha value is -2.11. The van der Waals surface area contributed by atoms with Crippen molar-refractivity contribution in [2.75, 3.05) is 6.54 Å². The molecule has 6 nitrogen and oxygen atoms in total. The number of carboxylic acids is 1. The summed E-state index contributed by atoms with van der Waals surface area (Å²) in [6, 6.07) is 2.92. The van der Waals surface area contributed by atoms with Gasteiger partial charge in [-0.25, -0.2) is 0 Å². The van der Waals surface area contributed by atoms with Crippen molar-refractivity contribution >= 4 is 11.9 Å². The molecule has 1 fully saturated rings. The molecule has 0 bridgehead atoms. The first-order chi connectivity index (χ1) is 9.99. The normalized spacial score (nSPS) is 18.5. The molecule has 1 N–H and O–H groups in total. The highest BCUT2D eigenvalue weighted by Crippen LogP contribution is 2.22. The third-order valence-electron chi connectivity index (χ3n) is 3.93. The number of aliphatic carboxylic acids is 1. The molecule has 114 valence electrons. The highest BCUT2D eigenvalue weighted by Gasteiger charge is 2.27. The molecule has 0 radical (unpaired) electrons. The molecule has 1 amide bonds. The molecule has 1 atom stereocenters. The summed E-state index contributed by atoms with van der Waals surface area (Å²) in [5, 5.41) is 8.81. The van der Waals surface area contributed by atoms with E-state index in [0.717, 1.165) is 19.3 Å². The number of nitrogens with zero attached hydrogens (tertiary/aromatic N) is 2. The van der Waals surface area contributed by atoms with Gasteiger partial charge in [-0.2, -0.15) is 0 Å². The number of pyridine rings is 1. The molecule has 2 heterocycles. The van der Waals surface area contributed by atoms with Gasteiger partial charge in [0.2, 0.25) is 0 Å². The third-order valence-corrected chi connectivity index (χ3v) is 3.93. The highest BCUT2D eigenvalue weighted by atomic mass is 16.4. The van der Waals surface area contributed by atoms with E-state index in [0.29, 0.717) is 18.5 Å². The smallest absolute Gasteiger partial charge is 0.303 e. The van der Waals surface area contributed by atoms with E-state index in [1.54, 1.807) is 24.2 Å². The summed E-state index contributed by atoms with van der Waals surface area (Å²) in [5.41, 5.74) is 0.153. The molecule has 0 spiro atoms. The first-order valence-electron chi connectivity index (χ1n) is 7.18. The van der Waals surface area contributed by atoms with Crippen LogP contribution in [0.25, 0.3) is 0 Å². The van der Waals surface area contributed by atoms with Crippen molar-refractivity contribution in [3.8, 4) is 0 Å². The lowest BCUT2D eigenvalue weighted by atomic mass is 9.97. The van der Waals surface area contributed by atoms with E-state index in [-0.39, 0.29) is 23.9 Å². The molecule has 2 rings (SSSR count). The Labute approximate surface area is 123 Å². The van der Waals surface area contributed by atoms with Crippen molar-refractivity contribution in [1.29, 1.82) is 0 Å². The van der Waals surface area contributed by atoms with Crippen LogP contribution >= 0.6 is 0 Å². The second kappa shape index (κ2) is 6.56. The molecule has 0 aromatic carbocycles. The summed E-state index contributed by atoms with van der Waals surface area (Å²) in [6.45, 7) is 0.623. The molecule has 1 aromatic rings. The molecule has 0 aliphatic carbocycles. The standard InChI is InChI=1S/C15H20N2O4/c1-16-9-7-11(10-13(16)18)15(21)17-8-3-2-4-12(17)5-6-14(19)20/h7,9-10,12H,2-6,8H2,1H3,(H,19,20). The number of amides is 1. The molecule has 1 unspecified atom stereocenters. The van der Waals surface area contributed by atoms with Crippen molar-refractivity contribution in [2.45, 2.75) is 38.1 Å². The number of aryl methyl sites for hydroxylation is 1. The van der Waals surface area contributed by atoms with Crippen LogP contribution in [-0.4, -0.2) is 39.0 Å². The Morgan fingerprint density at radius 1 is 1.38 bits per heavy atom. The van der Waals surface area contributed by atoms with Crippen LogP contribution in [0.3, 0.4) is 0 Å². The predicted molar refractivity (Wildman–Crippen MR) is 77.2 cm³/mol. The number of carbonyl (C=O) groups is 2. The predicted octanol–water partition coefficient (Wildman–Crippen LogP) is 1.24. The van der Waals surface area contributed by atoms with Gasteiger partial charge in [0.05, 0.1) is 0 Å². The van der Waals surface area contributed by atoms with Crippen molar-refractivity contribution in [3.05, 3.63) is 34.2 Å². The van der Waals surface area contributed by atoms with Gasteiger partial charge in [0.1, 0.15) is 0 Å². The van der Waals surface area contributed by atoms with E-state index in [4.69, 9.17) is 5.11 Å². The number of piperidine rings is 1. The fourth-order valence-corrected chi connectivity index (χ4v) is 2.71. The topological polar surface area (TPSA) is 79.6 Å². The van der Waals surface area contributed by atoms with Gasteiger partial charge in [-0.15, -0.1) is 0 Å². The van der Waals surface area contributed by atoms with E-state index < -0.39 is 5.97 Å². The van der Waals surface area contributed by atoms with Crippen molar-refractivity contribution < 1.29 is 14.7 Å². The summed E-state index contributed by atoms with van der Waals surface area (Å²) in [5.74, 6) is -1.02. The average molecular weight is 292 g/mol. The van der Waals surface area contributed by atoms with Crippen LogP contribution in [0.15, 0.2) is 23.1 Å². The molecule has 1 aromatic heterocycles. The van der Waals surface area contributed by atoms with Gasteiger partial charge in [-0.1, -0.05) is 0 Å². The maximum absolute atomic E-state index is 12.5. The van der Waals surface area contributed by atoms with Gasteiger partial charge in [-0.3, -0.25) is 14.4 Å². The van der Waals surface area contributed by atoms with E-state index in [2.05, 4.69) is 0 Å². The second-order valence-electron chi connectivity index (χ2n) is 5.45. The van der Waals surface area contributed by atoms with Crippen LogP contribution in [0.4, 0.5) is 0 Å². The number of rotatable bonds is 4. The first-order valence-corrected chi connectivity index (χ1v) is 7.18. The van der Waals surface area contributed by atoms with Gasteiger partial charge in [-0.05, 0) is 31.7 Å². The van der Waals surface area contributed by atoms with E-state index in [1.165, 1.54) is 10.6 Å². The lowest BCUT2D eigenvalue weighted by Crippen LogP contribution is -2.44. The minimum atomic E-state index is -0.846. The molecule has 21 heavy (non-hydrogen) atoms. The molecular weight excluding hydrogens is 272 g/mol. The molecule has 6 heteroatoms. The fraction of sp³-hybridized carbons (Fsp3) is 0.533. The van der Waals surface area contributed by atoms with Gasteiger partial charge < -0.3 is 14.6 Å². The zero-order valence-electron chi connectivity index (χ0n) is 12.1. The van der Waals surface area contributed by atoms with Gasteiger partial charge in [0, 0.05) is 43.9 Å². The maximum atomic E-state index is 12.5. The molecule has 1 aliphatic rings. The van der Waals surface area contributed by atoms with Crippen LogP contribution in [0, 0.1) is 0 Å². The Kier molecular flexibility index (Phi) is 4.77. The van der Waals surface area contributed by atoms with Crippen LogP contribution in [0.2, 0.25) is 0 Å².